The summed E-state index contributed by atoms with van der Waals surface area (Å²) in [7, 11) is 1.66. The van der Waals surface area contributed by atoms with E-state index in [1.807, 2.05) is 36.6 Å². The van der Waals surface area contributed by atoms with Crippen LogP contribution in [-0.4, -0.2) is 54.9 Å². The predicted octanol–water partition coefficient (Wildman–Crippen LogP) is 3.34. The van der Waals surface area contributed by atoms with E-state index >= 15 is 0 Å². The maximum absolute atomic E-state index is 13.0. The molecule has 0 radical (unpaired) electrons. The van der Waals surface area contributed by atoms with E-state index in [0.717, 1.165) is 28.0 Å². The molecule has 0 bridgehead atoms. The average molecular weight is 360 g/mol. The van der Waals surface area contributed by atoms with Crippen molar-refractivity contribution < 1.29 is 14.3 Å². The van der Waals surface area contributed by atoms with Crippen molar-refractivity contribution in [3.05, 3.63) is 28.3 Å². The van der Waals surface area contributed by atoms with Gasteiger partial charge in [-0.25, -0.2) is 0 Å². The summed E-state index contributed by atoms with van der Waals surface area (Å²) >= 11 is 0. The van der Waals surface area contributed by atoms with Crippen LogP contribution >= 0.6 is 0 Å². The molecule has 5 heteroatoms. The smallest absolute Gasteiger partial charge is 0.254 e. The van der Waals surface area contributed by atoms with Gasteiger partial charge in [0, 0.05) is 38.2 Å². The van der Waals surface area contributed by atoms with Crippen molar-refractivity contribution in [2.24, 2.45) is 5.41 Å². The molecule has 1 aromatic rings. The number of carbonyl (C=O) groups excluding carboxylic acids is 2. The summed E-state index contributed by atoms with van der Waals surface area (Å²) in [4.78, 5) is 29.1. The molecule has 0 aliphatic carbocycles. The Bertz CT molecular complexity index is 696. The van der Waals surface area contributed by atoms with Gasteiger partial charge in [-0.05, 0) is 48.9 Å². The second kappa shape index (κ2) is 7.68. The van der Waals surface area contributed by atoms with Gasteiger partial charge in [0.15, 0.2) is 0 Å². The molecule has 2 rings (SSSR count). The van der Waals surface area contributed by atoms with E-state index in [0.29, 0.717) is 32.6 Å². The zero-order valence-electron chi connectivity index (χ0n) is 17.2. The van der Waals surface area contributed by atoms with Crippen LogP contribution in [-0.2, 0) is 4.79 Å². The van der Waals surface area contributed by atoms with Crippen molar-refractivity contribution in [3.63, 3.8) is 0 Å². The normalized spacial score (nSPS) is 15.2. The molecule has 144 valence electrons. The van der Waals surface area contributed by atoms with Crippen LogP contribution < -0.4 is 4.74 Å². The number of carbonyl (C=O) groups is 2. The van der Waals surface area contributed by atoms with Crippen LogP contribution in [0.15, 0.2) is 6.07 Å². The average Bonchev–Trinajstić information content (AvgIpc) is 2.56. The number of amides is 2. The molecule has 0 atom stereocenters. The topological polar surface area (TPSA) is 49.9 Å². The highest BCUT2D eigenvalue weighted by Crippen LogP contribution is 2.29. The Morgan fingerprint density at radius 3 is 2.04 bits per heavy atom. The molecule has 1 saturated heterocycles. The fourth-order valence-electron chi connectivity index (χ4n) is 3.49. The molecule has 0 unspecified atom stereocenters. The number of rotatable bonds is 3. The molecule has 0 aromatic heterocycles. The van der Waals surface area contributed by atoms with Crippen LogP contribution in [0.2, 0.25) is 0 Å². The summed E-state index contributed by atoms with van der Waals surface area (Å²) in [6.45, 7) is 14.5. The van der Waals surface area contributed by atoms with E-state index in [4.69, 9.17) is 4.74 Å². The molecule has 2 amide bonds. The summed E-state index contributed by atoms with van der Waals surface area (Å²) in [5.41, 5.74) is 3.66. The van der Waals surface area contributed by atoms with E-state index in [1.165, 1.54) is 0 Å². The Kier molecular flexibility index (Phi) is 5.99. The fourth-order valence-corrected chi connectivity index (χ4v) is 3.49. The van der Waals surface area contributed by atoms with E-state index in [2.05, 4.69) is 20.8 Å². The van der Waals surface area contributed by atoms with Gasteiger partial charge in [0.05, 0.1) is 7.11 Å². The van der Waals surface area contributed by atoms with Crippen LogP contribution in [0, 0.1) is 26.2 Å². The Morgan fingerprint density at radius 2 is 1.54 bits per heavy atom. The molecule has 26 heavy (non-hydrogen) atoms. The summed E-state index contributed by atoms with van der Waals surface area (Å²) in [5, 5.41) is 0. The van der Waals surface area contributed by atoms with Gasteiger partial charge in [0.2, 0.25) is 5.91 Å². The SMILES string of the molecule is COc1c(C)cc(C(=O)N2CCN(C(=O)CC(C)(C)C)CC2)c(C)c1C. The Labute approximate surface area is 157 Å². The minimum Gasteiger partial charge on any atom is -0.496 e. The van der Waals surface area contributed by atoms with Crippen LogP contribution in [0.1, 0.15) is 54.2 Å². The molecule has 1 fully saturated rings. The van der Waals surface area contributed by atoms with Crippen molar-refractivity contribution in [2.75, 3.05) is 33.3 Å². The summed E-state index contributed by atoms with van der Waals surface area (Å²) < 4.78 is 5.45. The van der Waals surface area contributed by atoms with E-state index in [9.17, 15) is 9.59 Å². The lowest BCUT2D eigenvalue weighted by Crippen LogP contribution is -2.51. The number of methoxy groups -OCH3 is 1. The highest BCUT2D eigenvalue weighted by Gasteiger charge is 2.28. The number of hydrogen-bond donors (Lipinski definition) is 0. The Hall–Kier alpha value is -2.04. The molecule has 1 aliphatic rings. The lowest BCUT2D eigenvalue weighted by molar-refractivity contribution is -0.134. The molecule has 0 spiro atoms. The minimum atomic E-state index is -0.0146. The summed E-state index contributed by atoms with van der Waals surface area (Å²) in [5.74, 6) is 1.06. The summed E-state index contributed by atoms with van der Waals surface area (Å²) in [6, 6.07) is 1.92. The third kappa shape index (κ3) is 4.37. The molecule has 5 nitrogen and oxygen atoms in total. The fraction of sp³-hybridized carbons (Fsp3) is 0.619. The third-order valence-electron chi connectivity index (χ3n) is 5.06. The molecule has 1 aliphatic heterocycles. The number of aryl methyl sites for hydroxylation is 1. The lowest BCUT2D eigenvalue weighted by atomic mass is 9.91. The van der Waals surface area contributed by atoms with Gasteiger partial charge in [-0.1, -0.05) is 20.8 Å². The van der Waals surface area contributed by atoms with Crippen LogP contribution in [0.4, 0.5) is 0 Å². The maximum Gasteiger partial charge on any atom is 0.254 e. The largest absolute Gasteiger partial charge is 0.496 e. The zero-order valence-corrected chi connectivity index (χ0v) is 17.2. The second-order valence-corrected chi connectivity index (χ2v) is 8.43. The van der Waals surface area contributed by atoms with Crippen LogP contribution in [0.5, 0.6) is 5.75 Å². The first kappa shape index (κ1) is 20.3. The van der Waals surface area contributed by atoms with Crippen molar-refractivity contribution in [3.8, 4) is 5.75 Å². The van der Waals surface area contributed by atoms with Gasteiger partial charge in [-0.15, -0.1) is 0 Å². The van der Waals surface area contributed by atoms with Gasteiger partial charge in [0.1, 0.15) is 5.75 Å². The third-order valence-corrected chi connectivity index (χ3v) is 5.06. The van der Waals surface area contributed by atoms with Gasteiger partial charge in [-0.3, -0.25) is 9.59 Å². The first-order chi connectivity index (χ1) is 12.0. The number of benzene rings is 1. The highest BCUT2D eigenvalue weighted by atomic mass is 16.5. The minimum absolute atomic E-state index is 0.0146. The second-order valence-electron chi connectivity index (χ2n) is 8.43. The monoisotopic (exact) mass is 360 g/mol. The van der Waals surface area contributed by atoms with E-state index in [1.54, 1.807) is 7.11 Å². The van der Waals surface area contributed by atoms with Gasteiger partial charge >= 0.3 is 0 Å². The number of piperazine rings is 1. The summed E-state index contributed by atoms with van der Waals surface area (Å²) in [6.07, 6.45) is 0.539. The van der Waals surface area contributed by atoms with Crippen molar-refractivity contribution in [2.45, 2.75) is 48.0 Å². The standard InChI is InChI=1S/C21H32N2O3/c1-14-12-17(15(2)16(3)19(14)26-7)20(25)23-10-8-22(9-11-23)18(24)13-21(4,5)6/h12H,8-11,13H2,1-7H3. The Morgan fingerprint density at radius 1 is 1.00 bits per heavy atom. The first-order valence-corrected chi connectivity index (χ1v) is 9.27. The zero-order chi connectivity index (χ0) is 19.6. The Balaban J connectivity index is 2.09. The molecule has 1 aromatic carbocycles. The maximum atomic E-state index is 13.0. The van der Waals surface area contributed by atoms with Gasteiger partial charge in [-0.2, -0.15) is 0 Å². The molecule has 0 saturated carbocycles. The molecular formula is C21H32N2O3. The van der Waals surface area contributed by atoms with Crippen LogP contribution in [0.25, 0.3) is 0 Å². The molecule has 1 heterocycles. The highest BCUT2D eigenvalue weighted by molar-refractivity contribution is 5.96. The molecule has 0 N–H and O–H groups in total. The quantitative estimate of drug-likeness (QED) is 0.831. The number of ether oxygens (including phenoxy) is 1. The number of hydrogen-bond acceptors (Lipinski definition) is 3. The van der Waals surface area contributed by atoms with Gasteiger partial charge < -0.3 is 14.5 Å². The predicted molar refractivity (Wildman–Crippen MR) is 104 cm³/mol. The lowest BCUT2D eigenvalue weighted by Gasteiger charge is -2.36. The van der Waals surface area contributed by atoms with E-state index in [-0.39, 0.29) is 17.2 Å². The van der Waals surface area contributed by atoms with Crippen molar-refractivity contribution in [1.29, 1.82) is 0 Å². The van der Waals surface area contributed by atoms with E-state index < -0.39 is 0 Å². The van der Waals surface area contributed by atoms with Crippen molar-refractivity contribution >= 4 is 11.8 Å². The van der Waals surface area contributed by atoms with Crippen molar-refractivity contribution in [1.82, 2.24) is 9.80 Å². The van der Waals surface area contributed by atoms with Gasteiger partial charge in [0.25, 0.3) is 5.91 Å². The molecular weight excluding hydrogens is 328 g/mol. The number of nitrogens with zero attached hydrogens (tertiary/aromatic N) is 2. The first-order valence-electron chi connectivity index (χ1n) is 9.27. The van der Waals surface area contributed by atoms with Crippen LogP contribution in [0.3, 0.4) is 0 Å².